The Morgan fingerprint density at radius 1 is 1.82 bits per heavy atom. The van der Waals surface area contributed by atoms with Gasteiger partial charge in [-0.1, -0.05) is 0 Å². The van der Waals surface area contributed by atoms with Crippen molar-refractivity contribution in [3.8, 4) is 0 Å². The van der Waals surface area contributed by atoms with Crippen LogP contribution in [0.25, 0.3) is 0 Å². The van der Waals surface area contributed by atoms with Crippen LogP contribution in [0.2, 0.25) is 0 Å². The van der Waals surface area contributed by atoms with E-state index < -0.39 is 6.10 Å². The molecule has 0 aliphatic carbocycles. The topological polar surface area (TPSA) is 45.1 Å². The fourth-order valence-corrected chi connectivity index (χ4v) is 1.57. The van der Waals surface area contributed by atoms with Gasteiger partial charge in [-0.2, -0.15) is 0 Å². The minimum atomic E-state index is -0.460. The van der Waals surface area contributed by atoms with Crippen molar-refractivity contribution in [3.63, 3.8) is 0 Å². The first-order valence-electron chi connectivity index (χ1n) is 3.49. The highest BCUT2D eigenvalue weighted by atomic mass is 32.1. The molecule has 0 aromatic carbocycles. The first-order chi connectivity index (χ1) is 5.24. The second kappa shape index (κ2) is 3.80. The van der Waals surface area contributed by atoms with E-state index in [-0.39, 0.29) is 0 Å². The quantitative estimate of drug-likeness (QED) is 0.705. The third-order valence-corrected chi connectivity index (χ3v) is 2.34. The molecule has 1 heterocycles. The first kappa shape index (κ1) is 8.64. The number of aliphatic hydroxyl groups excluding tert-OH is 1. The summed E-state index contributed by atoms with van der Waals surface area (Å²) in [4.78, 5) is 5.20. The molecule has 0 saturated carbocycles. The molecular weight excluding hydrogens is 160 g/mol. The average Bonchev–Trinajstić information content (AvgIpc) is 2.36. The monoisotopic (exact) mass is 172 g/mol. The Hall–Kier alpha value is -0.450. The van der Waals surface area contributed by atoms with Gasteiger partial charge in [0, 0.05) is 17.6 Å². The van der Waals surface area contributed by atoms with Crippen LogP contribution in [0.3, 0.4) is 0 Å². The summed E-state index contributed by atoms with van der Waals surface area (Å²) in [5.74, 6) is 0. The molecule has 0 amide bonds. The van der Waals surface area contributed by atoms with E-state index in [0.29, 0.717) is 6.54 Å². The zero-order valence-electron chi connectivity index (χ0n) is 6.66. The Morgan fingerprint density at radius 2 is 2.55 bits per heavy atom. The van der Waals surface area contributed by atoms with Crippen LogP contribution >= 0.6 is 11.3 Å². The number of aromatic nitrogens is 1. The maximum Gasteiger partial charge on any atom is 0.123 e. The summed E-state index contributed by atoms with van der Waals surface area (Å²) in [5.41, 5.74) is 0. The number of likely N-dealkylation sites (N-methyl/N-ethyl adjacent to an activating group) is 1. The predicted molar refractivity (Wildman–Crippen MR) is 45.7 cm³/mol. The lowest BCUT2D eigenvalue weighted by atomic mass is 10.4. The molecule has 1 rings (SSSR count). The van der Waals surface area contributed by atoms with Crippen LogP contribution in [-0.4, -0.2) is 23.7 Å². The van der Waals surface area contributed by atoms with Crippen LogP contribution in [0.5, 0.6) is 0 Å². The lowest BCUT2D eigenvalue weighted by Crippen LogP contribution is -2.16. The molecule has 62 valence electrons. The van der Waals surface area contributed by atoms with Crippen molar-refractivity contribution in [3.05, 3.63) is 16.1 Å². The van der Waals surface area contributed by atoms with E-state index in [9.17, 15) is 5.11 Å². The van der Waals surface area contributed by atoms with E-state index in [2.05, 4.69) is 10.3 Å². The lowest BCUT2D eigenvalue weighted by Gasteiger charge is -2.04. The number of rotatable bonds is 3. The lowest BCUT2D eigenvalue weighted by molar-refractivity contribution is 0.177. The van der Waals surface area contributed by atoms with Crippen LogP contribution in [0.1, 0.15) is 16.0 Å². The van der Waals surface area contributed by atoms with Gasteiger partial charge in [0.2, 0.25) is 0 Å². The Kier molecular flexibility index (Phi) is 2.99. The van der Waals surface area contributed by atoms with E-state index in [1.165, 1.54) is 11.3 Å². The molecule has 1 aromatic rings. The molecule has 0 radical (unpaired) electrons. The van der Waals surface area contributed by atoms with Gasteiger partial charge >= 0.3 is 0 Å². The van der Waals surface area contributed by atoms with E-state index in [1.54, 1.807) is 6.20 Å². The summed E-state index contributed by atoms with van der Waals surface area (Å²) < 4.78 is 0. The maximum absolute atomic E-state index is 9.42. The number of hydrogen-bond donors (Lipinski definition) is 2. The van der Waals surface area contributed by atoms with Crippen LogP contribution in [0, 0.1) is 6.92 Å². The number of aliphatic hydroxyl groups is 1. The van der Waals surface area contributed by atoms with Gasteiger partial charge in [0.15, 0.2) is 0 Å². The zero-order chi connectivity index (χ0) is 8.27. The molecule has 0 bridgehead atoms. The van der Waals surface area contributed by atoms with E-state index in [1.807, 2.05) is 14.0 Å². The highest BCUT2D eigenvalue weighted by Crippen LogP contribution is 2.18. The third-order valence-electron chi connectivity index (χ3n) is 1.32. The normalized spacial score (nSPS) is 13.4. The molecule has 3 nitrogen and oxygen atoms in total. The fraction of sp³-hybridized carbons (Fsp3) is 0.571. The number of thiazole rings is 1. The van der Waals surface area contributed by atoms with Crippen LogP contribution < -0.4 is 5.32 Å². The number of nitrogens with one attached hydrogen (secondary N) is 1. The van der Waals surface area contributed by atoms with E-state index in [0.717, 1.165) is 9.88 Å². The molecule has 4 heteroatoms. The number of aryl methyl sites for hydroxylation is 1. The number of hydrogen-bond acceptors (Lipinski definition) is 4. The summed E-state index contributed by atoms with van der Waals surface area (Å²) in [6.45, 7) is 2.54. The summed E-state index contributed by atoms with van der Waals surface area (Å²) >= 11 is 1.53. The van der Waals surface area contributed by atoms with Gasteiger partial charge in [0.1, 0.15) is 11.1 Å². The molecule has 2 N–H and O–H groups in total. The van der Waals surface area contributed by atoms with Crippen molar-refractivity contribution in [1.29, 1.82) is 0 Å². The van der Waals surface area contributed by atoms with Gasteiger partial charge in [-0.3, -0.25) is 0 Å². The molecule has 11 heavy (non-hydrogen) atoms. The van der Waals surface area contributed by atoms with Crippen LogP contribution in [-0.2, 0) is 0 Å². The first-order valence-corrected chi connectivity index (χ1v) is 4.30. The average molecular weight is 172 g/mol. The van der Waals surface area contributed by atoms with E-state index in [4.69, 9.17) is 0 Å². The smallest absolute Gasteiger partial charge is 0.123 e. The fourth-order valence-electron chi connectivity index (χ4n) is 0.807. The Bertz CT molecular complexity index is 224. The minimum absolute atomic E-state index is 0.460. The van der Waals surface area contributed by atoms with Crippen LogP contribution in [0.15, 0.2) is 6.20 Å². The Labute approximate surface area is 70.1 Å². The summed E-state index contributed by atoms with van der Waals surface area (Å²) in [7, 11) is 1.81. The molecule has 0 aliphatic heterocycles. The molecule has 1 atom stereocenters. The van der Waals surface area contributed by atoms with Crippen molar-refractivity contribution in [2.75, 3.05) is 13.6 Å². The largest absolute Gasteiger partial charge is 0.385 e. The molecule has 1 aromatic heterocycles. The maximum atomic E-state index is 9.42. The summed E-state index contributed by atoms with van der Waals surface area (Å²) in [5, 5.41) is 13.1. The molecule has 0 saturated heterocycles. The molecule has 0 aliphatic rings. The van der Waals surface area contributed by atoms with Crippen molar-refractivity contribution < 1.29 is 5.11 Å². The zero-order valence-corrected chi connectivity index (χ0v) is 7.48. The highest BCUT2D eigenvalue weighted by Gasteiger charge is 2.08. The minimum Gasteiger partial charge on any atom is -0.385 e. The highest BCUT2D eigenvalue weighted by molar-refractivity contribution is 7.11. The van der Waals surface area contributed by atoms with Crippen molar-refractivity contribution >= 4 is 11.3 Å². The van der Waals surface area contributed by atoms with Gasteiger partial charge in [-0.15, -0.1) is 11.3 Å². The van der Waals surface area contributed by atoms with Gasteiger partial charge < -0.3 is 10.4 Å². The van der Waals surface area contributed by atoms with Gasteiger partial charge in [-0.05, 0) is 14.0 Å². The second-order valence-electron chi connectivity index (χ2n) is 2.38. The van der Waals surface area contributed by atoms with Crippen molar-refractivity contribution in [2.24, 2.45) is 0 Å². The standard InChI is InChI=1S/C7H12N2OS/c1-5-3-9-7(11-5)6(10)4-8-2/h3,6,8,10H,4H2,1-2H3. The SMILES string of the molecule is CNCC(O)c1ncc(C)s1. The third kappa shape index (κ3) is 2.25. The molecule has 0 spiro atoms. The van der Waals surface area contributed by atoms with Gasteiger partial charge in [0.05, 0.1) is 0 Å². The van der Waals surface area contributed by atoms with Crippen LogP contribution in [0.4, 0.5) is 0 Å². The summed E-state index contributed by atoms with van der Waals surface area (Å²) in [6.07, 6.45) is 1.32. The Balaban J connectivity index is 2.60. The van der Waals surface area contributed by atoms with E-state index >= 15 is 0 Å². The van der Waals surface area contributed by atoms with Gasteiger partial charge in [-0.25, -0.2) is 4.98 Å². The molecular formula is C7H12N2OS. The second-order valence-corrected chi connectivity index (χ2v) is 3.65. The molecule has 1 unspecified atom stereocenters. The van der Waals surface area contributed by atoms with Crippen molar-refractivity contribution in [1.82, 2.24) is 10.3 Å². The predicted octanol–water partition coefficient (Wildman–Crippen LogP) is 0.704. The van der Waals surface area contributed by atoms with Crippen molar-refractivity contribution in [2.45, 2.75) is 13.0 Å². The Morgan fingerprint density at radius 3 is 3.00 bits per heavy atom. The summed E-state index contributed by atoms with van der Waals surface area (Å²) in [6, 6.07) is 0. The van der Waals surface area contributed by atoms with Gasteiger partial charge in [0.25, 0.3) is 0 Å². The number of nitrogens with zero attached hydrogens (tertiary/aromatic N) is 1. The molecule has 0 fully saturated rings.